The number of aryl methyl sites for hydroxylation is 2. The van der Waals surface area contributed by atoms with Crippen molar-refractivity contribution in [2.75, 3.05) is 13.7 Å². The highest BCUT2D eigenvalue weighted by molar-refractivity contribution is 5.76. The number of hydrogen-bond acceptors (Lipinski definition) is 3. The molecule has 2 aromatic rings. The maximum Gasteiger partial charge on any atom is 0.220 e. The number of phenolic OH excluding ortho intramolecular Hbond substituents is 1. The van der Waals surface area contributed by atoms with Gasteiger partial charge in [-0.3, -0.25) is 4.79 Å². The first-order valence-corrected chi connectivity index (χ1v) is 7.77. The summed E-state index contributed by atoms with van der Waals surface area (Å²) in [5.74, 6) is 1.07. The van der Waals surface area contributed by atoms with Gasteiger partial charge >= 0.3 is 0 Å². The minimum atomic E-state index is -0.0140. The predicted molar refractivity (Wildman–Crippen MR) is 90.9 cm³/mol. The van der Waals surface area contributed by atoms with Crippen LogP contribution in [0, 0.1) is 6.92 Å². The van der Waals surface area contributed by atoms with Crippen LogP contribution in [0.15, 0.2) is 42.5 Å². The lowest BCUT2D eigenvalue weighted by molar-refractivity contribution is -0.121. The molecule has 23 heavy (non-hydrogen) atoms. The number of methoxy groups -OCH3 is 1. The molecule has 4 nitrogen and oxygen atoms in total. The van der Waals surface area contributed by atoms with Crippen molar-refractivity contribution >= 4 is 5.91 Å². The number of carbonyl (C=O) groups is 1. The van der Waals surface area contributed by atoms with E-state index in [1.54, 1.807) is 19.2 Å². The molecular weight excluding hydrogens is 290 g/mol. The van der Waals surface area contributed by atoms with Crippen LogP contribution in [-0.4, -0.2) is 24.7 Å². The van der Waals surface area contributed by atoms with E-state index in [0.29, 0.717) is 19.4 Å². The molecule has 0 fully saturated rings. The molecule has 2 N–H and O–H groups in total. The molecule has 4 heteroatoms. The van der Waals surface area contributed by atoms with Crippen LogP contribution in [0.1, 0.15) is 23.1 Å². The van der Waals surface area contributed by atoms with E-state index in [0.717, 1.165) is 23.3 Å². The number of nitrogens with one attached hydrogen (secondary N) is 1. The molecule has 2 rings (SSSR count). The molecule has 122 valence electrons. The van der Waals surface area contributed by atoms with E-state index >= 15 is 0 Å². The van der Waals surface area contributed by atoms with Crippen molar-refractivity contribution in [2.24, 2.45) is 0 Å². The third-order valence-corrected chi connectivity index (χ3v) is 3.77. The first-order valence-electron chi connectivity index (χ1n) is 7.77. The standard InChI is InChI=1S/C19H23NO3/c1-14-7-9-18(23-2)16(13-14)11-12-20-19(22)10-8-15-5-3-4-6-17(15)21/h3-7,9,13,21H,8,10-12H2,1-2H3,(H,20,22). The van der Waals surface area contributed by atoms with Crippen molar-refractivity contribution in [1.82, 2.24) is 5.32 Å². The Labute approximate surface area is 137 Å². The van der Waals surface area contributed by atoms with E-state index < -0.39 is 0 Å². The van der Waals surface area contributed by atoms with Gasteiger partial charge in [0.25, 0.3) is 0 Å². The Morgan fingerprint density at radius 1 is 1.13 bits per heavy atom. The zero-order chi connectivity index (χ0) is 16.7. The zero-order valence-electron chi connectivity index (χ0n) is 13.6. The van der Waals surface area contributed by atoms with Crippen molar-refractivity contribution < 1.29 is 14.6 Å². The van der Waals surface area contributed by atoms with E-state index in [4.69, 9.17) is 4.74 Å². The van der Waals surface area contributed by atoms with Crippen molar-refractivity contribution in [3.05, 3.63) is 59.2 Å². The summed E-state index contributed by atoms with van der Waals surface area (Å²) in [6, 6.07) is 13.1. The van der Waals surface area contributed by atoms with Crippen LogP contribution in [0.5, 0.6) is 11.5 Å². The predicted octanol–water partition coefficient (Wildman–Crippen LogP) is 3.00. The first-order chi connectivity index (χ1) is 11.1. The van der Waals surface area contributed by atoms with Gasteiger partial charge in [0.1, 0.15) is 11.5 Å². The Hall–Kier alpha value is -2.49. The van der Waals surface area contributed by atoms with Gasteiger partial charge in [0.05, 0.1) is 7.11 Å². The number of benzene rings is 2. The molecule has 0 saturated heterocycles. The topological polar surface area (TPSA) is 58.6 Å². The number of ether oxygens (including phenoxy) is 1. The largest absolute Gasteiger partial charge is 0.508 e. The van der Waals surface area contributed by atoms with E-state index in [-0.39, 0.29) is 11.7 Å². The summed E-state index contributed by atoms with van der Waals surface area (Å²) < 4.78 is 5.34. The summed E-state index contributed by atoms with van der Waals surface area (Å²) in [6.07, 6.45) is 1.63. The van der Waals surface area contributed by atoms with Crippen LogP contribution < -0.4 is 10.1 Å². The molecular formula is C19H23NO3. The fraction of sp³-hybridized carbons (Fsp3) is 0.316. The molecule has 0 aliphatic carbocycles. The molecule has 0 saturated carbocycles. The zero-order valence-corrected chi connectivity index (χ0v) is 13.6. The second kappa shape index (κ2) is 8.22. The second-order valence-electron chi connectivity index (χ2n) is 5.54. The number of rotatable bonds is 7. The summed E-state index contributed by atoms with van der Waals surface area (Å²) in [5, 5.41) is 12.6. The first kappa shape index (κ1) is 16.9. The van der Waals surface area contributed by atoms with Crippen molar-refractivity contribution in [1.29, 1.82) is 0 Å². The van der Waals surface area contributed by atoms with Gasteiger partial charge in [-0.1, -0.05) is 35.9 Å². The highest BCUT2D eigenvalue weighted by atomic mass is 16.5. The minimum Gasteiger partial charge on any atom is -0.508 e. The molecule has 0 bridgehead atoms. The summed E-state index contributed by atoms with van der Waals surface area (Å²) in [7, 11) is 1.65. The Bertz CT molecular complexity index is 667. The highest BCUT2D eigenvalue weighted by Crippen LogP contribution is 2.20. The maximum atomic E-state index is 11.9. The van der Waals surface area contributed by atoms with Crippen molar-refractivity contribution in [3.63, 3.8) is 0 Å². The molecule has 0 aliphatic rings. The lowest BCUT2D eigenvalue weighted by Crippen LogP contribution is -2.26. The SMILES string of the molecule is COc1ccc(C)cc1CCNC(=O)CCc1ccccc1O. The number of phenols is 1. The molecule has 0 unspecified atom stereocenters. The average Bonchev–Trinajstić information content (AvgIpc) is 2.54. The van der Waals surface area contributed by atoms with Gasteiger partial charge in [-0.25, -0.2) is 0 Å². The van der Waals surface area contributed by atoms with Crippen molar-refractivity contribution in [2.45, 2.75) is 26.2 Å². The summed E-state index contributed by atoms with van der Waals surface area (Å²) in [6.45, 7) is 2.60. The van der Waals surface area contributed by atoms with Crippen LogP contribution in [-0.2, 0) is 17.6 Å². The number of carbonyl (C=O) groups excluding carboxylic acids is 1. The Morgan fingerprint density at radius 2 is 1.91 bits per heavy atom. The Kier molecular flexibility index (Phi) is 6.03. The van der Waals surface area contributed by atoms with E-state index in [9.17, 15) is 9.90 Å². The molecule has 0 heterocycles. The monoisotopic (exact) mass is 313 g/mol. The smallest absolute Gasteiger partial charge is 0.220 e. The quantitative estimate of drug-likeness (QED) is 0.826. The number of aromatic hydroxyl groups is 1. The average molecular weight is 313 g/mol. The normalized spacial score (nSPS) is 10.3. The van der Waals surface area contributed by atoms with Gasteiger partial charge in [0.15, 0.2) is 0 Å². The molecule has 0 spiro atoms. The molecule has 2 aromatic carbocycles. The summed E-state index contributed by atoms with van der Waals surface area (Å²) in [5.41, 5.74) is 3.06. The van der Waals surface area contributed by atoms with E-state index in [2.05, 4.69) is 11.4 Å². The molecule has 0 atom stereocenters. The fourth-order valence-electron chi connectivity index (χ4n) is 2.50. The van der Waals surface area contributed by atoms with Crippen LogP contribution in [0.3, 0.4) is 0 Å². The van der Waals surface area contributed by atoms with Gasteiger partial charge in [-0.2, -0.15) is 0 Å². The van der Waals surface area contributed by atoms with Gasteiger partial charge in [-0.15, -0.1) is 0 Å². The molecule has 0 aliphatic heterocycles. The number of hydrogen-bond donors (Lipinski definition) is 2. The molecule has 0 radical (unpaired) electrons. The molecule has 1 amide bonds. The van der Waals surface area contributed by atoms with Crippen LogP contribution >= 0.6 is 0 Å². The van der Waals surface area contributed by atoms with E-state index in [1.165, 1.54) is 5.56 Å². The Morgan fingerprint density at radius 3 is 2.65 bits per heavy atom. The highest BCUT2D eigenvalue weighted by Gasteiger charge is 2.07. The lowest BCUT2D eigenvalue weighted by Gasteiger charge is -2.10. The van der Waals surface area contributed by atoms with Gasteiger partial charge in [0, 0.05) is 13.0 Å². The summed E-state index contributed by atoms with van der Waals surface area (Å²) in [4.78, 5) is 11.9. The minimum absolute atomic E-state index is 0.0140. The number of para-hydroxylation sites is 1. The maximum absolute atomic E-state index is 11.9. The van der Waals surface area contributed by atoms with Crippen LogP contribution in [0.2, 0.25) is 0 Å². The van der Waals surface area contributed by atoms with Gasteiger partial charge in [-0.05, 0) is 43.0 Å². The Balaban J connectivity index is 1.79. The number of amides is 1. The third-order valence-electron chi connectivity index (χ3n) is 3.77. The van der Waals surface area contributed by atoms with Gasteiger partial charge in [0.2, 0.25) is 5.91 Å². The third kappa shape index (κ3) is 5.02. The fourth-order valence-corrected chi connectivity index (χ4v) is 2.50. The van der Waals surface area contributed by atoms with E-state index in [1.807, 2.05) is 31.2 Å². The summed E-state index contributed by atoms with van der Waals surface area (Å²) >= 11 is 0. The van der Waals surface area contributed by atoms with Crippen molar-refractivity contribution in [3.8, 4) is 11.5 Å². The molecule has 0 aromatic heterocycles. The van der Waals surface area contributed by atoms with Crippen LogP contribution in [0.25, 0.3) is 0 Å². The van der Waals surface area contributed by atoms with Crippen LogP contribution in [0.4, 0.5) is 0 Å². The van der Waals surface area contributed by atoms with Gasteiger partial charge < -0.3 is 15.2 Å². The second-order valence-corrected chi connectivity index (χ2v) is 5.54. The lowest BCUT2D eigenvalue weighted by atomic mass is 10.1.